The van der Waals surface area contributed by atoms with Gasteiger partial charge >= 0.3 is 11.9 Å². The van der Waals surface area contributed by atoms with Crippen LogP contribution in [-0.4, -0.2) is 26.2 Å². The number of benzene rings is 3. The van der Waals surface area contributed by atoms with Crippen LogP contribution >= 0.6 is 0 Å². The second-order valence-corrected chi connectivity index (χ2v) is 8.33. The Morgan fingerprint density at radius 1 is 0.562 bits per heavy atom. The molecule has 0 bridgehead atoms. The standard InChI is InChI=1S/C28H30O4/c1-15-13-17(3)25(27(29)31-7)19(5)23(15)21-9-11-22(12-10-21)24-16(2)14-18(4)26(20(24)6)28(30)32-8/h9-14H,1-8H3. The summed E-state index contributed by atoms with van der Waals surface area (Å²) in [6, 6.07) is 12.3. The Morgan fingerprint density at radius 3 is 1.16 bits per heavy atom. The van der Waals surface area contributed by atoms with Crippen LogP contribution in [0.4, 0.5) is 0 Å². The lowest BCUT2D eigenvalue weighted by molar-refractivity contribution is 0.0590. The van der Waals surface area contributed by atoms with Crippen LogP contribution in [0.5, 0.6) is 0 Å². The van der Waals surface area contributed by atoms with Crippen molar-refractivity contribution in [3.05, 3.63) is 80.9 Å². The van der Waals surface area contributed by atoms with Crippen molar-refractivity contribution in [1.29, 1.82) is 0 Å². The maximum absolute atomic E-state index is 12.3. The van der Waals surface area contributed by atoms with E-state index in [4.69, 9.17) is 9.47 Å². The highest BCUT2D eigenvalue weighted by molar-refractivity contribution is 5.97. The molecule has 0 aromatic heterocycles. The van der Waals surface area contributed by atoms with Gasteiger partial charge in [-0.05, 0) is 97.2 Å². The first kappa shape index (κ1) is 23.3. The lowest BCUT2D eigenvalue weighted by atomic mass is 9.86. The molecule has 0 aliphatic carbocycles. The molecule has 3 aromatic rings. The number of aryl methyl sites for hydroxylation is 4. The van der Waals surface area contributed by atoms with Crippen molar-refractivity contribution < 1.29 is 19.1 Å². The van der Waals surface area contributed by atoms with Gasteiger partial charge < -0.3 is 9.47 Å². The molecular formula is C28H30O4. The van der Waals surface area contributed by atoms with Crippen molar-refractivity contribution in [3.63, 3.8) is 0 Å². The highest BCUT2D eigenvalue weighted by atomic mass is 16.5. The molecule has 0 fully saturated rings. The molecule has 0 atom stereocenters. The maximum atomic E-state index is 12.3. The Balaban J connectivity index is 2.15. The second-order valence-electron chi connectivity index (χ2n) is 8.33. The minimum absolute atomic E-state index is 0.320. The van der Waals surface area contributed by atoms with Gasteiger partial charge in [0.1, 0.15) is 0 Å². The average molecular weight is 431 g/mol. The van der Waals surface area contributed by atoms with Gasteiger partial charge in [0.15, 0.2) is 0 Å². The van der Waals surface area contributed by atoms with Crippen LogP contribution in [0.15, 0.2) is 36.4 Å². The lowest BCUT2D eigenvalue weighted by Crippen LogP contribution is -2.09. The van der Waals surface area contributed by atoms with Crippen LogP contribution in [0.3, 0.4) is 0 Å². The molecule has 0 aliphatic heterocycles. The van der Waals surface area contributed by atoms with Crippen LogP contribution < -0.4 is 0 Å². The number of carbonyl (C=O) groups is 2. The van der Waals surface area contributed by atoms with Gasteiger partial charge in [0.2, 0.25) is 0 Å². The van der Waals surface area contributed by atoms with E-state index in [2.05, 4.69) is 38.1 Å². The Hall–Kier alpha value is -3.40. The third kappa shape index (κ3) is 3.93. The average Bonchev–Trinajstić information content (AvgIpc) is 2.73. The van der Waals surface area contributed by atoms with E-state index in [1.165, 1.54) is 14.2 Å². The van der Waals surface area contributed by atoms with Gasteiger partial charge in [0.25, 0.3) is 0 Å². The molecule has 0 saturated heterocycles. The summed E-state index contributed by atoms with van der Waals surface area (Å²) in [7, 11) is 2.81. The Labute approximate surface area is 190 Å². The monoisotopic (exact) mass is 430 g/mol. The summed E-state index contributed by atoms with van der Waals surface area (Å²) in [5.74, 6) is -0.641. The van der Waals surface area contributed by atoms with E-state index in [1.54, 1.807) is 0 Å². The van der Waals surface area contributed by atoms with Gasteiger partial charge in [-0.1, -0.05) is 36.4 Å². The van der Waals surface area contributed by atoms with Crippen molar-refractivity contribution in [2.45, 2.75) is 41.5 Å². The van der Waals surface area contributed by atoms with Crippen molar-refractivity contribution >= 4 is 11.9 Å². The number of rotatable bonds is 4. The Bertz CT molecular complexity index is 1120. The van der Waals surface area contributed by atoms with E-state index >= 15 is 0 Å². The molecule has 32 heavy (non-hydrogen) atoms. The molecule has 0 aliphatic rings. The van der Waals surface area contributed by atoms with Gasteiger partial charge in [0.05, 0.1) is 25.3 Å². The summed E-state index contributed by atoms with van der Waals surface area (Å²) in [5.41, 5.74) is 11.2. The van der Waals surface area contributed by atoms with Gasteiger partial charge in [-0.3, -0.25) is 0 Å². The highest BCUT2D eigenvalue weighted by Crippen LogP contribution is 2.36. The first-order valence-corrected chi connectivity index (χ1v) is 10.6. The van der Waals surface area contributed by atoms with Gasteiger partial charge in [-0.2, -0.15) is 0 Å². The fraction of sp³-hybridized carbons (Fsp3) is 0.286. The molecular weight excluding hydrogens is 400 g/mol. The van der Waals surface area contributed by atoms with Crippen LogP contribution in [0.2, 0.25) is 0 Å². The molecule has 0 radical (unpaired) electrons. The van der Waals surface area contributed by atoms with E-state index in [1.807, 2.05) is 39.8 Å². The van der Waals surface area contributed by atoms with E-state index < -0.39 is 0 Å². The number of esters is 2. The van der Waals surface area contributed by atoms with Crippen molar-refractivity contribution in [2.24, 2.45) is 0 Å². The van der Waals surface area contributed by atoms with Crippen molar-refractivity contribution in [2.75, 3.05) is 14.2 Å². The first-order valence-electron chi connectivity index (χ1n) is 10.6. The molecule has 3 rings (SSSR count). The van der Waals surface area contributed by atoms with Gasteiger partial charge in [-0.15, -0.1) is 0 Å². The maximum Gasteiger partial charge on any atom is 0.338 e. The molecule has 4 nitrogen and oxygen atoms in total. The SMILES string of the molecule is COC(=O)c1c(C)cc(C)c(-c2ccc(-c3c(C)cc(C)c(C(=O)OC)c3C)cc2)c1C. The topological polar surface area (TPSA) is 52.6 Å². The summed E-state index contributed by atoms with van der Waals surface area (Å²) in [6.45, 7) is 11.9. The molecule has 0 unspecified atom stereocenters. The zero-order valence-corrected chi connectivity index (χ0v) is 20.1. The number of carbonyl (C=O) groups excluding carboxylic acids is 2. The molecule has 0 saturated carbocycles. The zero-order valence-electron chi connectivity index (χ0n) is 20.1. The van der Waals surface area contributed by atoms with E-state index in [0.717, 1.165) is 55.6 Å². The molecule has 0 spiro atoms. The second kappa shape index (κ2) is 8.99. The number of ether oxygens (including phenoxy) is 2. The first-order chi connectivity index (χ1) is 15.1. The minimum atomic E-state index is -0.320. The van der Waals surface area contributed by atoms with E-state index in [0.29, 0.717) is 11.1 Å². The number of hydrogen-bond donors (Lipinski definition) is 0. The summed E-state index contributed by atoms with van der Waals surface area (Å²) < 4.78 is 10.0. The third-order valence-corrected chi connectivity index (χ3v) is 6.18. The predicted molar refractivity (Wildman–Crippen MR) is 128 cm³/mol. The molecule has 4 heteroatoms. The van der Waals surface area contributed by atoms with E-state index in [-0.39, 0.29) is 11.9 Å². The predicted octanol–water partition coefficient (Wildman–Crippen LogP) is 6.44. The molecule has 0 heterocycles. The quantitative estimate of drug-likeness (QED) is 0.447. The van der Waals surface area contributed by atoms with Crippen LogP contribution in [0, 0.1) is 41.5 Å². The zero-order chi connectivity index (χ0) is 23.7. The highest BCUT2D eigenvalue weighted by Gasteiger charge is 2.20. The third-order valence-electron chi connectivity index (χ3n) is 6.18. The minimum Gasteiger partial charge on any atom is -0.465 e. The fourth-order valence-corrected chi connectivity index (χ4v) is 4.90. The van der Waals surface area contributed by atoms with Crippen LogP contribution in [0.25, 0.3) is 22.3 Å². The molecule has 3 aromatic carbocycles. The molecule has 166 valence electrons. The normalized spacial score (nSPS) is 10.8. The molecule has 0 amide bonds. The number of hydrogen-bond acceptors (Lipinski definition) is 4. The summed E-state index contributed by atoms with van der Waals surface area (Å²) in [6.07, 6.45) is 0. The molecule has 0 N–H and O–H groups in total. The summed E-state index contributed by atoms with van der Waals surface area (Å²) >= 11 is 0. The van der Waals surface area contributed by atoms with Gasteiger partial charge in [0, 0.05) is 0 Å². The Morgan fingerprint density at radius 2 is 0.875 bits per heavy atom. The van der Waals surface area contributed by atoms with Crippen LogP contribution in [0.1, 0.15) is 54.1 Å². The Kier molecular flexibility index (Phi) is 6.54. The van der Waals surface area contributed by atoms with E-state index in [9.17, 15) is 9.59 Å². The van der Waals surface area contributed by atoms with Crippen LogP contribution in [-0.2, 0) is 9.47 Å². The lowest BCUT2D eigenvalue weighted by Gasteiger charge is -2.18. The van der Waals surface area contributed by atoms with Crippen molar-refractivity contribution in [1.82, 2.24) is 0 Å². The largest absolute Gasteiger partial charge is 0.465 e. The summed E-state index contributed by atoms with van der Waals surface area (Å²) in [5, 5.41) is 0. The smallest absolute Gasteiger partial charge is 0.338 e. The fourth-order valence-electron chi connectivity index (χ4n) is 4.90. The van der Waals surface area contributed by atoms with Gasteiger partial charge in [-0.25, -0.2) is 9.59 Å². The summed E-state index contributed by atoms with van der Waals surface area (Å²) in [4.78, 5) is 24.7. The number of methoxy groups -OCH3 is 2. The van der Waals surface area contributed by atoms with Crippen molar-refractivity contribution in [3.8, 4) is 22.3 Å².